The van der Waals surface area contributed by atoms with Crippen LogP contribution in [-0.4, -0.2) is 45.0 Å². The molecule has 0 saturated heterocycles. The zero-order valence-electron chi connectivity index (χ0n) is 21.8. The quantitative estimate of drug-likeness (QED) is 0.260. The van der Waals surface area contributed by atoms with Crippen LogP contribution in [0.15, 0.2) is 54.6 Å². The van der Waals surface area contributed by atoms with Gasteiger partial charge in [0.2, 0.25) is 5.95 Å². The summed E-state index contributed by atoms with van der Waals surface area (Å²) in [7, 11) is 6.50. The van der Waals surface area contributed by atoms with Gasteiger partial charge in [0.1, 0.15) is 5.82 Å². The van der Waals surface area contributed by atoms with Crippen LogP contribution in [0, 0.1) is 6.92 Å². The lowest BCUT2D eigenvalue weighted by Crippen LogP contribution is -2.11. The van der Waals surface area contributed by atoms with Crippen LogP contribution in [0.2, 0.25) is 0 Å². The second-order valence-corrected chi connectivity index (χ2v) is 8.27. The molecule has 196 valence electrons. The first-order chi connectivity index (χ1) is 17.6. The summed E-state index contributed by atoms with van der Waals surface area (Å²) in [5.74, 6) is 3.91. The molecule has 1 aromatic heterocycles. The van der Waals surface area contributed by atoms with Gasteiger partial charge in [0.05, 0.1) is 34.0 Å². The fraction of sp³-hybridized carbons (Fsp3) is 0.286. The Morgan fingerprint density at radius 1 is 0.730 bits per heavy atom. The van der Waals surface area contributed by atoms with Crippen LogP contribution in [0.4, 0.5) is 11.8 Å². The molecule has 4 rings (SSSR count). The number of benzene rings is 3. The fourth-order valence-electron chi connectivity index (χ4n) is 4.01. The highest BCUT2D eigenvalue weighted by Crippen LogP contribution is 2.35. The summed E-state index contributed by atoms with van der Waals surface area (Å²) >= 11 is 0. The standard InChI is InChI=1S/C28H32N4O4.ClH/c1-18-8-6-7-9-20(18)17-30-27-21-15-25(35-4)26(36-5)16-22(21)31-28(32-27)29-13-12-19-10-11-23(33-2)24(14-19)34-3;/h6-11,14-16H,12-13,17H2,1-5H3,(H2,29,30,31,32);1H. The number of fused-ring (bicyclic) bond motifs is 1. The molecule has 8 nitrogen and oxygen atoms in total. The third kappa shape index (κ3) is 6.46. The molecule has 4 aromatic rings. The van der Waals surface area contributed by atoms with Crippen molar-refractivity contribution in [2.45, 2.75) is 19.9 Å². The fourth-order valence-corrected chi connectivity index (χ4v) is 4.01. The zero-order chi connectivity index (χ0) is 25.5. The van der Waals surface area contributed by atoms with Gasteiger partial charge in [0.25, 0.3) is 0 Å². The van der Waals surface area contributed by atoms with E-state index in [1.807, 2.05) is 42.5 Å². The lowest BCUT2D eigenvalue weighted by molar-refractivity contribution is 0.354. The molecule has 0 fully saturated rings. The molecule has 2 N–H and O–H groups in total. The minimum Gasteiger partial charge on any atom is -0.493 e. The molecular weight excluding hydrogens is 492 g/mol. The Morgan fingerprint density at radius 2 is 1.41 bits per heavy atom. The van der Waals surface area contributed by atoms with Crippen LogP contribution >= 0.6 is 12.4 Å². The van der Waals surface area contributed by atoms with Gasteiger partial charge in [-0.3, -0.25) is 0 Å². The molecule has 0 bridgehead atoms. The molecule has 0 aliphatic heterocycles. The van der Waals surface area contributed by atoms with Crippen LogP contribution in [0.1, 0.15) is 16.7 Å². The Labute approximate surface area is 223 Å². The van der Waals surface area contributed by atoms with E-state index in [1.54, 1.807) is 28.4 Å². The van der Waals surface area contributed by atoms with Gasteiger partial charge in [-0.2, -0.15) is 4.98 Å². The number of aryl methyl sites for hydroxylation is 1. The zero-order valence-corrected chi connectivity index (χ0v) is 22.6. The largest absolute Gasteiger partial charge is 0.493 e. The Kier molecular flexibility index (Phi) is 9.63. The van der Waals surface area contributed by atoms with Crippen molar-refractivity contribution in [2.24, 2.45) is 0 Å². The number of aromatic nitrogens is 2. The summed E-state index contributed by atoms with van der Waals surface area (Å²) in [4.78, 5) is 9.54. The summed E-state index contributed by atoms with van der Waals surface area (Å²) in [6, 6.07) is 18.0. The highest BCUT2D eigenvalue weighted by atomic mass is 35.5. The second kappa shape index (κ2) is 12.9. The predicted octanol–water partition coefficient (Wildman–Crippen LogP) is 5.66. The Hall–Kier alpha value is -3.91. The number of halogens is 1. The smallest absolute Gasteiger partial charge is 0.225 e. The molecule has 0 amide bonds. The van der Waals surface area contributed by atoms with Crippen LogP contribution in [0.25, 0.3) is 10.9 Å². The lowest BCUT2D eigenvalue weighted by Gasteiger charge is -2.15. The molecular formula is C28H33ClN4O4. The van der Waals surface area contributed by atoms with E-state index in [9.17, 15) is 0 Å². The van der Waals surface area contributed by atoms with E-state index >= 15 is 0 Å². The number of nitrogens with one attached hydrogen (secondary N) is 2. The Balaban J connectivity index is 0.00000380. The summed E-state index contributed by atoms with van der Waals surface area (Å²) in [5.41, 5.74) is 4.29. The van der Waals surface area contributed by atoms with Crippen molar-refractivity contribution in [3.63, 3.8) is 0 Å². The molecule has 9 heteroatoms. The number of rotatable bonds is 11. The van der Waals surface area contributed by atoms with E-state index in [-0.39, 0.29) is 12.4 Å². The molecule has 0 spiro atoms. The summed E-state index contributed by atoms with van der Waals surface area (Å²) in [6.07, 6.45) is 0.764. The molecule has 0 unspecified atom stereocenters. The van der Waals surface area contributed by atoms with E-state index in [1.165, 1.54) is 11.1 Å². The molecule has 0 atom stereocenters. The third-order valence-electron chi connectivity index (χ3n) is 6.05. The van der Waals surface area contributed by atoms with Gasteiger partial charge in [-0.25, -0.2) is 4.98 Å². The Bertz CT molecular complexity index is 1350. The summed E-state index contributed by atoms with van der Waals surface area (Å²) < 4.78 is 21.8. The van der Waals surface area contributed by atoms with Crippen molar-refractivity contribution in [2.75, 3.05) is 45.6 Å². The van der Waals surface area contributed by atoms with Crippen molar-refractivity contribution in [1.29, 1.82) is 0 Å². The minimum atomic E-state index is 0. The maximum absolute atomic E-state index is 5.52. The van der Waals surface area contributed by atoms with Crippen molar-refractivity contribution in [3.05, 3.63) is 71.3 Å². The van der Waals surface area contributed by atoms with Crippen molar-refractivity contribution < 1.29 is 18.9 Å². The highest BCUT2D eigenvalue weighted by molar-refractivity contribution is 5.92. The molecule has 3 aromatic carbocycles. The lowest BCUT2D eigenvalue weighted by atomic mass is 10.1. The number of nitrogens with zero attached hydrogens (tertiary/aromatic N) is 2. The second-order valence-electron chi connectivity index (χ2n) is 8.27. The number of ether oxygens (including phenoxy) is 4. The molecule has 0 aliphatic carbocycles. The summed E-state index contributed by atoms with van der Waals surface area (Å²) in [5, 5.41) is 7.71. The monoisotopic (exact) mass is 524 g/mol. The van der Waals surface area contributed by atoms with Crippen molar-refractivity contribution in [1.82, 2.24) is 9.97 Å². The third-order valence-corrected chi connectivity index (χ3v) is 6.05. The maximum Gasteiger partial charge on any atom is 0.225 e. The average molecular weight is 525 g/mol. The minimum absolute atomic E-state index is 0. The van der Waals surface area contributed by atoms with E-state index in [0.29, 0.717) is 42.0 Å². The first-order valence-corrected chi connectivity index (χ1v) is 11.7. The van der Waals surface area contributed by atoms with Crippen molar-refractivity contribution in [3.8, 4) is 23.0 Å². The van der Waals surface area contributed by atoms with Crippen molar-refractivity contribution >= 4 is 35.1 Å². The van der Waals surface area contributed by atoms with Gasteiger partial charge < -0.3 is 29.6 Å². The van der Waals surface area contributed by atoms with Crippen LogP contribution < -0.4 is 29.6 Å². The number of methoxy groups -OCH3 is 4. The molecule has 0 radical (unpaired) electrons. The van der Waals surface area contributed by atoms with Gasteiger partial charge in [0, 0.05) is 24.5 Å². The first-order valence-electron chi connectivity index (χ1n) is 11.7. The molecule has 1 heterocycles. The normalized spacial score (nSPS) is 10.4. The molecule has 37 heavy (non-hydrogen) atoms. The van der Waals surface area contributed by atoms with Crippen LogP contribution in [-0.2, 0) is 13.0 Å². The van der Waals surface area contributed by atoms with E-state index < -0.39 is 0 Å². The van der Waals surface area contributed by atoms with E-state index in [0.717, 1.165) is 28.7 Å². The Morgan fingerprint density at radius 3 is 2.11 bits per heavy atom. The predicted molar refractivity (Wildman–Crippen MR) is 150 cm³/mol. The highest BCUT2D eigenvalue weighted by Gasteiger charge is 2.14. The molecule has 0 saturated carbocycles. The number of hydrogen-bond donors (Lipinski definition) is 2. The SMILES string of the molecule is COc1ccc(CCNc2nc(NCc3ccccc3C)c3cc(OC)c(OC)cc3n2)cc1OC.Cl. The van der Waals surface area contributed by atoms with Crippen LogP contribution in [0.3, 0.4) is 0 Å². The first kappa shape index (κ1) is 27.7. The average Bonchev–Trinajstić information content (AvgIpc) is 2.91. The van der Waals surface area contributed by atoms with Gasteiger partial charge in [-0.05, 0) is 48.2 Å². The molecule has 0 aliphatic rings. The topological polar surface area (TPSA) is 86.8 Å². The van der Waals surface area contributed by atoms with Crippen LogP contribution in [0.5, 0.6) is 23.0 Å². The van der Waals surface area contributed by atoms with Gasteiger partial charge in [-0.1, -0.05) is 30.3 Å². The van der Waals surface area contributed by atoms with E-state index in [4.69, 9.17) is 28.9 Å². The van der Waals surface area contributed by atoms with Gasteiger partial charge >= 0.3 is 0 Å². The van der Waals surface area contributed by atoms with E-state index in [2.05, 4.69) is 29.7 Å². The number of hydrogen-bond acceptors (Lipinski definition) is 8. The van der Waals surface area contributed by atoms with Gasteiger partial charge in [-0.15, -0.1) is 12.4 Å². The van der Waals surface area contributed by atoms with Gasteiger partial charge in [0.15, 0.2) is 23.0 Å². The summed E-state index contributed by atoms with van der Waals surface area (Å²) in [6.45, 7) is 3.38. The number of anilines is 2. The maximum atomic E-state index is 5.52.